The normalized spacial score (nSPS) is 23.6. The van der Waals surface area contributed by atoms with Crippen LogP contribution in [-0.4, -0.2) is 32.2 Å². The zero-order valence-electron chi connectivity index (χ0n) is 5.70. The predicted molar refractivity (Wildman–Crippen MR) is 40.1 cm³/mol. The van der Waals surface area contributed by atoms with E-state index in [1.165, 1.54) is 0 Å². The maximum atomic E-state index is 10.7. The molecule has 1 rings (SSSR count). The third-order valence-electron chi connectivity index (χ3n) is 1.22. The van der Waals surface area contributed by atoms with E-state index in [0.717, 1.165) is 0 Å². The Hall–Kier alpha value is -0.820. The Balaban J connectivity index is 2.67. The molecule has 68 valence electrons. The van der Waals surface area contributed by atoms with Crippen molar-refractivity contribution in [2.45, 2.75) is 6.04 Å². The van der Waals surface area contributed by atoms with Crippen molar-refractivity contribution in [2.24, 2.45) is 0 Å². The molecule has 0 aliphatic carbocycles. The van der Waals surface area contributed by atoms with Crippen LogP contribution in [-0.2, 0) is 13.8 Å². The van der Waals surface area contributed by atoms with Gasteiger partial charge in [-0.2, -0.15) is 0 Å². The SMILES string of the molecule is O=C1NC(=O)[C@H](CS(=O)(=O)Cl)N1. The maximum Gasteiger partial charge on any atom is 0.322 e. The Morgan fingerprint density at radius 1 is 1.42 bits per heavy atom. The van der Waals surface area contributed by atoms with Crippen molar-refractivity contribution < 1.29 is 18.0 Å². The number of nitrogens with one attached hydrogen (secondary N) is 2. The number of halogens is 1. The van der Waals surface area contributed by atoms with E-state index in [1.807, 2.05) is 5.32 Å². The summed E-state index contributed by atoms with van der Waals surface area (Å²) in [4.78, 5) is 21.2. The zero-order valence-corrected chi connectivity index (χ0v) is 7.28. The van der Waals surface area contributed by atoms with Crippen molar-refractivity contribution in [1.29, 1.82) is 0 Å². The van der Waals surface area contributed by atoms with Crippen LogP contribution >= 0.6 is 10.7 Å². The van der Waals surface area contributed by atoms with Crippen LogP contribution in [0.1, 0.15) is 0 Å². The van der Waals surface area contributed by atoms with Crippen LogP contribution in [0.3, 0.4) is 0 Å². The average Bonchev–Trinajstić information content (AvgIpc) is 2.06. The van der Waals surface area contributed by atoms with Crippen LogP contribution < -0.4 is 10.6 Å². The molecule has 1 fully saturated rings. The Morgan fingerprint density at radius 2 is 2.00 bits per heavy atom. The Bertz CT molecular complexity index is 324. The lowest BCUT2D eigenvalue weighted by molar-refractivity contribution is -0.119. The summed E-state index contributed by atoms with van der Waals surface area (Å²) in [5.41, 5.74) is 0. The number of hydrogen-bond donors (Lipinski definition) is 2. The summed E-state index contributed by atoms with van der Waals surface area (Å²) >= 11 is 0. The third kappa shape index (κ3) is 2.35. The summed E-state index contributed by atoms with van der Waals surface area (Å²) < 4.78 is 20.9. The number of carbonyl (C=O) groups is 2. The molecule has 1 saturated heterocycles. The van der Waals surface area contributed by atoms with Crippen molar-refractivity contribution in [1.82, 2.24) is 10.6 Å². The minimum Gasteiger partial charge on any atom is -0.325 e. The Labute approximate surface area is 72.7 Å². The summed E-state index contributed by atoms with van der Waals surface area (Å²) in [5.74, 6) is -1.27. The first-order valence-corrected chi connectivity index (χ1v) is 5.40. The van der Waals surface area contributed by atoms with Gasteiger partial charge in [0.2, 0.25) is 9.05 Å². The Kier molecular flexibility index (Phi) is 2.25. The summed E-state index contributed by atoms with van der Waals surface area (Å²) in [5, 5.41) is 3.97. The van der Waals surface area contributed by atoms with Gasteiger partial charge in [0.25, 0.3) is 5.91 Å². The summed E-state index contributed by atoms with van der Waals surface area (Å²) in [7, 11) is 1.10. The van der Waals surface area contributed by atoms with Gasteiger partial charge >= 0.3 is 6.03 Å². The molecule has 6 nitrogen and oxygen atoms in total. The summed E-state index contributed by atoms with van der Waals surface area (Å²) in [6.07, 6.45) is 0. The highest BCUT2D eigenvalue weighted by atomic mass is 35.7. The molecule has 0 aromatic rings. The number of carbonyl (C=O) groups excluding carboxylic acids is 2. The van der Waals surface area contributed by atoms with Crippen LogP contribution in [0.25, 0.3) is 0 Å². The molecule has 0 bridgehead atoms. The standard InChI is InChI=1S/C4H5ClN2O4S/c5-12(10,11)1-2-3(8)7-4(9)6-2/h2H,1H2,(H2,6,7,8,9)/t2-/m0/s1. The van der Waals surface area contributed by atoms with Gasteiger partial charge in [0, 0.05) is 10.7 Å². The van der Waals surface area contributed by atoms with Crippen molar-refractivity contribution >= 4 is 31.7 Å². The predicted octanol–water partition coefficient (Wildman–Crippen LogP) is -1.24. The molecule has 0 spiro atoms. The van der Waals surface area contributed by atoms with E-state index in [1.54, 1.807) is 0 Å². The maximum absolute atomic E-state index is 10.7. The summed E-state index contributed by atoms with van der Waals surface area (Å²) in [6, 6.07) is -1.77. The molecule has 1 heterocycles. The van der Waals surface area contributed by atoms with Crippen molar-refractivity contribution in [3.63, 3.8) is 0 Å². The van der Waals surface area contributed by atoms with E-state index in [0.29, 0.717) is 0 Å². The second kappa shape index (κ2) is 2.91. The molecular formula is C4H5ClN2O4S. The van der Waals surface area contributed by atoms with Gasteiger partial charge in [0.1, 0.15) is 6.04 Å². The van der Waals surface area contributed by atoms with E-state index in [4.69, 9.17) is 10.7 Å². The lowest BCUT2D eigenvalue weighted by Crippen LogP contribution is -2.34. The van der Waals surface area contributed by atoms with Gasteiger partial charge in [0.15, 0.2) is 0 Å². The largest absolute Gasteiger partial charge is 0.325 e. The molecule has 0 radical (unpaired) electrons. The van der Waals surface area contributed by atoms with Gasteiger partial charge in [0.05, 0.1) is 5.75 Å². The van der Waals surface area contributed by atoms with Gasteiger partial charge in [-0.3, -0.25) is 10.1 Å². The molecule has 1 aliphatic heterocycles. The molecule has 8 heteroatoms. The quantitative estimate of drug-likeness (QED) is 0.443. The van der Waals surface area contributed by atoms with Gasteiger partial charge < -0.3 is 5.32 Å². The van der Waals surface area contributed by atoms with Crippen LogP contribution in [0.4, 0.5) is 4.79 Å². The van der Waals surface area contributed by atoms with Crippen molar-refractivity contribution in [3.05, 3.63) is 0 Å². The first-order valence-electron chi connectivity index (χ1n) is 2.92. The number of urea groups is 1. The second-order valence-corrected chi connectivity index (χ2v) is 5.04. The highest BCUT2D eigenvalue weighted by molar-refractivity contribution is 8.13. The van der Waals surface area contributed by atoms with Gasteiger partial charge in [-0.15, -0.1) is 0 Å². The molecule has 0 unspecified atom stereocenters. The highest BCUT2D eigenvalue weighted by Crippen LogP contribution is 2.02. The van der Waals surface area contributed by atoms with Gasteiger partial charge in [-0.1, -0.05) is 0 Å². The van der Waals surface area contributed by atoms with Crippen LogP contribution in [0.2, 0.25) is 0 Å². The van der Waals surface area contributed by atoms with Crippen molar-refractivity contribution in [2.75, 3.05) is 5.75 Å². The molecule has 2 N–H and O–H groups in total. The van der Waals surface area contributed by atoms with Crippen molar-refractivity contribution in [3.8, 4) is 0 Å². The number of rotatable bonds is 2. The zero-order chi connectivity index (χ0) is 9.35. The molecule has 3 amide bonds. The average molecular weight is 213 g/mol. The van der Waals surface area contributed by atoms with Crippen LogP contribution in [0.15, 0.2) is 0 Å². The van der Waals surface area contributed by atoms with E-state index >= 15 is 0 Å². The van der Waals surface area contributed by atoms with E-state index in [9.17, 15) is 18.0 Å². The smallest absolute Gasteiger partial charge is 0.322 e. The first kappa shape index (κ1) is 9.27. The van der Waals surface area contributed by atoms with Crippen LogP contribution in [0.5, 0.6) is 0 Å². The minimum absolute atomic E-state index is 0.591. The molecule has 1 aliphatic rings. The van der Waals surface area contributed by atoms with Gasteiger partial charge in [-0.25, -0.2) is 13.2 Å². The molecule has 0 aromatic heterocycles. The molecule has 0 saturated carbocycles. The molecule has 1 atom stereocenters. The molecular weight excluding hydrogens is 208 g/mol. The van der Waals surface area contributed by atoms with E-state index in [2.05, 4.69) is 5.32 Å². The lowest BCUT2D eigenvalue weighted by atomic mass is 10.3. The van der Waals surface area contributed by atoms with Gasteiger partial charge in [-0.05, 0) is 0 Å². The molecule has 12 heavy (non-hydrogen) atoms. The Morgan fingerprint density at radius 3 is 2.33 bits per heavy atom. The number of hydrogen-bond acceptors (Lipinski definition) is 4. The van der Waals surface area contributed by atoms with E-state index < -0.39 is 32.8 Å². The molecule has 0 aromatic carbocycles. The number of amides is 3. The fourth-order valence-corrected chi connectivity index (χ4v) is 1.79. The lowest BCUT2D eigenvalue weighted by Gasteiger charge is -2.01. The fourth-order valence-electron chi connectivity index (χ4n) is 0.775. The summed E-state index contributed by atoms with van der Waals surface area (Å²) in [6.45, 7) is 0. The minimum atomic E-state index is -3.77. The second-order valence-electron chi connectivity index (χ2n) is 2.22. The topological polar surface area (TPSA) is 92.3 Å². The first-order chi connectivity index (χ1) is 5.38. The fraction of sp³-hybridized carbons (Fsp3) is 0.500. The monoisotopic (exact) mass is 212 g/mol. The number of imide groups is 1. The van der Waals surface area contributed by atoms with Crippen LogP contribution in [0, 0.1) is 0 Å². The highest BCUT2D eigenvalue weighted by Gasteiger charge is 2.32. The third-order valence-corrected chi connectivity index (χ3v) is 2.33. The van der Waals surface area contributed by atoms with E-state index in [-0.39, 0.29) is 0 Å².